The fraction of sp³-hybridized carbons (Fsp3) is 0.929. The summed E-state index contributed by atoms with van der Waals surface area (Å²) in [6.45, 7) is 11.0. The highest BCUT2D eigenvalue weighted by molar-refractivity contribution is 7.81. The van der Waals surface area contributed by atoms with Crippen molar-refractivity contribution in [2.45, 2.75) is 57.7 Å². The van der Waals surface area contributed by atoms with Crippen LogP contribution in [0.2, 0.25) is 0 Å². The van der Waals surface area contributed by atoms with Crippen LogP contribution in [0.25, 0.3) is 0 Å². The van der Waals surface area contributed by atoms with E-state index < -0.39 is 0 Å². The van der Waals surface area contributed by atoms with E-state index in [0.29, 0.717) is 13.0 Å². The Morgan fingerprint density at radius 3 is 2.45 bits per heavy atom. The van der Waals surface area contributed by atoms with Crippen LogP contribution >= 0.6 is 12.6 Å². The fourth-order valence-corrected chi connectivity index (χ4v) is 1.51. The fourth-order valence-electron chi connectivity index (χ4n) is 1.41. The first-order valence-corrected chi connectivity index (χ1v) is 7.54. The Morgan fingerprint density at radius 1 is 1.45 bits per heavy atom. The summed E-state index contributed by atoms with van der Waals surface area (Å²) in [4.78, 5) is 9.97. The molecule has 1 N–H and O–H groups in total. The molecule has 6 heteroatoms. The molecule has 1 heterocycles. The van der Waals surface area contributed by atoms with Crippen LogP contribution in [0.15, 0.2) is 0 Å². The summed E-state index contributed by atoms with van der Waals surface area (Å²) in [6, 6.07) is 0. The number of nitrogens with one attached hydrogen (secondary N) is 1. The summed E-state index contributed by atoms with van der Waals surface area (Å²) >= 11 is 4.40. The van der Waals surface area contributed by atoms with E-state index in [-0.39, 0.29) is 17.1 Å². The molecule has 120 valence electrons. The number of carbonyl (C=O) groups is 1. The lowest BCUT2D eigenvalue weighted by molar-refractivity contribution is -0.109. The van der Waals surface area contributed by atoms with Gasteiger partial charge in [0.05, 0.1) is 19.3 Å². The maximum atomic E-state index is 9.97. The van der Waals surface area contributed by atoms with Crippen molar-refractivity contribution < 1.29 is 19.0 Å². The normalized spacial score (nSPS) is 17.2. The van der Waals surface area contributed by atoms with Gasteiger partial charge < -0.3 is 19.5 Å². The van der Waals surface area contributed by atoms with Crippen LogP contribution in [0.4, 0.5) is 0 Å². The van der Waals surface area contributed by atoms with Gasteiger partial charge in [-0.1, -0.05) is 13.8 Å². The SMILES string of the molecule is CC(CCNC=O)OCCC(C)(C)S.CC1OCCO1. The first-order valence-electron chi connectivity index (χ1n) is 7.09. The van der Waals surface area contributed by atoms with Crippen LogP contribution in [0.1, 0.15) is 40.5 Å². The van der Waals surface area contributed by atoms with Gasteiger partial charge in [-0.25, -0.2) is 0 Å². The van der Waals surface area contributed by atoms with Gasteiger partial charge in [0, 0.05) is 17.9 Å². The van der Waals surface area contributed by atoms with E-state index in [2.05, 4.69) is 31.8 Å². The maximum Gasteiger partial charge on any atom is 0.207 e. The molecule has 1 aliphatic heterocycles. The summed E-state index contributed by atoms with van der Waals surface area (Å²) in [7, 11) is 0. The van der Waals surface area contributed by atoms with E-state index in [4.69, 9.17) is 14.2 Å². The lowest BCUT2D eigenvalue weighted by Gasteiger charge is -2.19. The highest BCUT2D eigenvalue weighted by Crippen LogP contribution is 2.16. The number of ether oxygens (including phenoxy) is 3. The zero-order chi connectivity index (χ0) is 15.4. The lowest BCUT2D eigenvalue weighted by atomic mass is 10.1. The van der Waals surface area contributed by atoms with Crippen molar-refractivity contribution in [3.63, 3.8) is 0 Å². The molecule has 0 spiro atoms. The zero-order valence-corrected chi connectivity index (χ0v) is 13.9. The number of thiol groups is 1. The van der Waals surface area contributed by atoms with E-state index in [0.717, 1.165) is 32.7 Å². The Labute approximate surface area is 128 Å². The summed E-state index contributed by atoms with van der Waals surface area (Å²) < 4.78 is 15.4. The second-order valence-corrected chi connectivity index (χ2v) is 6.62. The first kappa shape index (κ1) is 19.7. The lowest BCUT2D eigenvalue weighted by Crippen LogP contribution is -2.21. The van der Waals surface area contributed by atoms with Crippen LogP contribution in [0.3, 0.4) is 0 Å². The van der Waals surface area contributed by atoms with Crippen LogP contribution in [-0.4, -0.2) is 49.9 Å². The molecule has 20 heavy (non-hydrogen) atoms. The molecule has 1 amide bonds. The van der Waals surface area contributed by atoms with E-state index in [1.54, 1.807) is 0 Å². The van der Waals surface area contributed by atoms with Crippen molar-refractivity contribution in [3.05, 3.63) is 0 Å². The van der Waals surface area contributed by atoms with Gasteiger partial charge in [0.25, 0.3) is 0 Å². The predicted octanol–water partition coefficient (Wildman–Crippen LogP) is 2.01. The molecule has 0 aromatic rings. The molecule has 1 rings (SSSR count). The van der Waals surface area contributed by atoms with Gasteiger partial charge in [-0.15, -0.1) is 0 Å². The summed E-state index contributed by atoms with van der Waals surface area (Å²) in [5.41, 5.74) is 0. The van der Waals surface area contributed by atoms with Crippen molar-refractivity contribution in [1.82, 2.24) is 5.32 Å². The molecule has 5 nitrogen and oxygen atoms in total. The molecule has 0 aromatic heterocycles. The predicted molar refractivity (Wildman–Crippen MR) is 83.1 cm³/mol. The van der Waals surface area contributed by atoms with Gasteiger partial charge >= 0.3 is 0 Å². The van der Waals surface area contributed by atoms with Crippen LogP contribution in [0, 0.1) is 0 Å². The number of rotatable bonds is 8. The minimum atomic E-state index is 0.0285. The highest BCUT2D eigenvalue weighted by atomic mass is 32.1. The third-order valence-corrected chi connectivity index (χ3v) is 2.91. The average Bonchev–Trinajstić information content (AvgIpc) is 2.80. The topological polar surface area (TPSA) is 56.8 Å². The monoisotopic (exact) mass is 307 g/mol. The van der Waals surface area contributed by atoms with E-state index in [1.165, 1.54) is 0 Å². The van der Waals surface area contributed by atoms with Gasteiger partial charge in [-0.2, -0.15) is 12.6 Å². The summed E-state index contributed by atoms with van der Waals surface area (Å²) in [6.07, 6.45) is 2.74. The maximum absolute atomic E-state index is 9.97. The third kappa shape index (κ3) is 14.1. The van der Waals surface area contributed by atoms with Crippen LogP contribution in [-0.2, 0) is 19.0 Å². The molecule has 1 unspecified atom stereocenters. The minimum absolute atomic E-state index is 0.0285. The summed E-state index contributed by atoms with van der Waals surface area (Å²) in [5.74, 6) is 0. The molecular weight excluding hydrogens is 278 g/mol. The Balaban J connectivity index is 0.000000493. The van der Waals surface area contributed by atoms with Gasteiger partial charge in [-0.05, 0) is 26.7 Å². The molecule has 0 aliphatic carbocycles. The molecule has 0 bridgehead atoms. The third-order valence-electron chi connectivity index (χ3n) is 2.68. The molecular formula is C14H29NO4S. The smallest absolute Gasteiger partial charge is 0.207 e. The van der Waals surface area contributed by atoms with Crippen molar-refractivity contribution in [2.24, 2.45) is 0 Å². The van der Waals surface area contributed by atoms with Crippen molar-refractivity contribution in [1.29, 1.82) is 0 Å². The van der Waals surface area contributed by atoms with E-state index in [1.807, 2.05) is 13.8 Å². The van der Waals surface area contributed by atoms with Crippen molar-refractivity contribution >= 4 is 19.0 Å². The highest BCUT2D eigenvalue weighted by Gasteiger charge is 2.11. The molecule has 0 radical (unpaired) electrons. The quantitative estimate of drug-likeness (QED) is 0.409. The molecule has 1 aliphatic rings. The van der Waals surface area contributed by atoms with Crippen molar-refractivity contribution in [2.75, 3.05) is 26.4 Å². The van der Waals surface area contributed by atoms with Crippen LogP contribution in [0.5, 0.6) is 0 Å². The van der Waals surface area contributed by atoms with Crippen molar-refractivity contribution in [3.8, 4) is 0 Å². The molecule has 0 aromatic carbocycles. The van der Waals surface area contributed by atoms with Gasteiger partial charge in [0.15, 0.2) is 6.29 Å². The second kappa shape index (κ2) is 11.4. The number of amides is 1. The largest absolute Gasteiger partial charge is 0.378 e. The Hall–Kier alpha value is -0.300. The van der Waals surface area contributed by atoms with E-state index >= 15 is 0 Å². The molecule has 1 fully saturated rings. The Morgan fingerprint density at radius 2 is 2.05 bits per heavy atom. The van der Waals surface area contributed by atoms with Gasteiger partial charge in [0.1, 0.15) is 0 Å². The zero-order valence-electron chi connectivity index (χ0n) is 13.1. The average molecular weight is 307 g/mol. The van der Waals surface area contributed by atoms with E-state index in [9.17, 15) is 4.79 Å². The Bertz CT molecular complexity index is 240. The number of hydrogen-bond donors (Lipinski definition) is 2. The first-order chi connectivity index (χ1) is 9.35. The standard InChI is InChI=1S/C10H21NO2S.C4H8O2/c1-9(4-6-11-8-12)13-7-5-10(2,3)14;1-4-5-2-3-6-4/h8-9,14H,4-7H2,1-3H3,(H,11,12);4H,2-3H2,1H3. The molecule has 0 saturated carbocycles. The second-order valence-electron chi connectivity index (χ2n) is 5.41. The molecule has 1 saturated heterocycles. The minimum Gasteiger partial charge on any atom is -0.378 e. The molecule has 1 atom stereocenters. The van der Waals surface area contributed by atoms with Gasteiger partial charge in [-0.3, -0.25) is 4.79 Å². The number of hydrogen-bond acceptors (Lipinski definition) is 5. The number of carbonyl (C=O) groups excluding carboxylic acids is 1. The van der Waals surface area contributed by atoms with Crippen LogP contribution < -0.4 is 5.32 Å². The summed E-state index contributed by atoms with van der Waals surface area (Å²) in [5, 5.41) is 2.61. The van der Waals surface area contributed by atoms with Gasteiger partial charge in [0.2, 0.25) is 6.41 Å². The Kier molecular flexibility index (Phi) is 11.2.